The minimum Gasteiger partial charge on any atom is -0.350 e. The Labute approximate surface area is 195 Å². The molecule has 2 aromatic carbocycles. The summed E-state index contributed by atoms with van der Waals surface area (Å²) in [6.07, 6.45) is 1.28. The second-order valence-corrected chi connectivity index (χ2v) is 9.96. The molecule has 0 aromatic heterocycles. The summed E-state index contributed by atoms with van der Waals surface area (Å²) in [5, 5.41) is 3.74. The molecule has 2 aromatic rings. The topological polar surface area (TPSA) is 49.4 Å². The Hall–Kier alpha value is -1.98. The molecule has 0 aliphatic rings. The third-order valence-corrected chi connectivity index (χ3v) is 6.14. The van der Waals surface area contributed by atoms with E-state index < -0.39 is 6.04 Å². The fourth-order valence-corrected chi connectivity index (χ4v) is 4.49. The first kappa shape index (κ1) is 25.3. The maximum Gasteiger partial charge on any atom is 0.243 e. The van der Waals surface area contributed by atoms with Gasteiger partial charge in [0.25, 0.3) is 0 Å². The number of hydrogen-bond donors (Lipinski definition) is 1. The van der Waals surface area contributed by atoms with Gasteiger partial charge in [-0.05, 0) is 50.8 Å². The number of nitrogens with one attached hydrogen (secondary N) is 1. The molecule has 0 fully saturated rings. The lowest BCUT2D eigenvalue weighted by Crippen LogP contribution is -2.54. The molecule has 0 spiro atoms. The maximum absolute atomic E-state index is 13.2. The Kier molecular flexibility index (Phi) is 9.92. The second-order valence-electron chi connectivity index (χ2n) is 8.57. The molecule has 0 saturated heterocycles. The van der Waals surface area contributed by atoms with E-state index >= 15 is 0 Å². The molecule has 1 atom stereocenters. The van der Waals surface area contributed by atoms with Crippen molar-refractivity contribution in [1.29, 1.82) is 0 Å². The quantitative estimate of drug-likeness (QED) is 0.520. The highest BCUT2D eigenvalue weighted by Crippen LogP contribution is 2.21. The number of amides is 2. The minimum absolute atomic E-state index is 0.0242. The Morgan fingerprint density at radius 1 is 1.06 bits per heavy atom. The number of halogens is 1. The molecule has 0 unspecified atom stereocenters. The lowest BCUT2D eigenvalue weighted by molar-refractivity contribution is -0.139. The van der Waals surface area contributed by atoms with Crippen LogP contribution in [0.4, 0.5) is 0 Å². The molecular weight excluding hydrogens is 428 g/mol. The number of nitrogens with zero attached hydrogens (tertiary/aromatic N) is 1. The molecular formula is C25H33ClN2O2S. The van der Waals surface area contributed by atoms with Crippen molar-refractivity contribution in [3.63, 3.8) is 0 Å². The third-order valence-electron chi connectivity index (χ3n) is 4.81. The van der Waals surface area contributed by atoms with Crippen LogP contribution in [-0.2, 0) is 21.8 Å². The Morgan fingerprint density at radius 3 is 2.32 bits per heavy atom. The van der Waals surface area contributed by atoms with Crippen LogP contribution in [0.25, 0.3) is 0 Å². The van der Waals surface area contributed by atoms with Crippen LogP contribution in [0.2, 0.25) is 5.02 Å². The number of thioether (sulfide) groups is 1. The van der Waals surface area contributed by atoms with Crippen LogP contribution in [-0.4, -0.2) is 40.6 Å². The van der Waals surface area contributed by atoms with Crippen LogP contribution in [0.15, 0.2) is 54.6 Å². The van der Waals surface area contributed by atoms with Gasteiger partial charge in [-0.2, -0.15) is 0 Å². The van der Waals surface area contributed by atoms with E-state index in [9.17, 15) is 9.59 Å². The van der Waals surface area contributed by atoms with Crippen molar-refractivity contribution >= 4 is 35.2 Å². The van der Waals surface area contributed by atoms with Gasteiger partial charge in [0.05, 0.1) is 5.75 Å². The van der Waals surface area contributed by atoms with E-state index in [4.69, 9.17) is 11.6 Å². The van der Waals surface area contributed by atoms with Gasteiger partial charge in [-0.15, -0.1) is 11.8 Å². The number of carbonyl (C=O) groups is 2. The van der Waals surface area contributed by atoms with E-state index in [1.165, 1.54) is 11.8 Å². The number of carbonyl (C=O) groups excluding carboxylic acids is 2. The zero-order chi connectivity index (χ0) is 22.9. The number of rotatable bonds is 10. The van der Waals surface area contributed by atoms with Crippen LogP contribution in [0, 0.1) is 0 Å². The van der Waals surface area contributed by atoms with Crippen molar-refractivity contribution in [3.8, 4) is 0 Å². The molecule has 2 rings (SSSR count). The van der Waals surface area contributed by atoms with E-state index in [0.717, 1.165) is 11.1 Å². The van der Waals surface area contributed by atoms with E-state index in [1.807, 2.05) is 82.3 Å². The predicted molar refractivity (Wildman–Crippen MR) is 131 cm³/mol. The SMILES string of the molecule is CC[C@@H](C(=O)NC(C)(C)C)N(CCc1ccccc1)C(=O)CSCc1ccccc1Cl. The fourth-order valence-electron chi connectivity index (χ4n) is 3.30. The van der Waals surface area contributed by atoms with Crippen molar-refractivity contribution in [2.45, 2.75) is 57.9 Å². The lowest BCUT2D eigenvalue weighted by atomic mass is 10.1. The molecule has 168 valence electrons. The maximum atomic E-state index is 13.2. The fraction of sp³-hybridized carbons (Fsp3) is 0.440. The molecule has 0 aliphatic carbocycles. The molecule has 0 saturated carbocycles. The Balaban J connectivity index is 2.09. The summed E-state index contributed by atoms with van der Waals surface area (Å²) in [5.41, 5.74) is 1.81. The van der Waals surface area contributed by atoms with Gasteiger partial charge in [-0.1, -0.05) is 67.1 Å². The summed E-state index contributed by atoms with van der Waals surface area (Å²) >= 11 is 7.76. The molecule has 0 bridgehead atoms. The van der Waals surface area contributed by atoms with Crippen LogP contribution in [0.3, 0.4) is 0 Å². The first-order chi connectivity index (χ1) is 14.7. The first-order valence-corrected chi connectivity index (χ1v) is 12.2. The van der Waals surface area contributed by atoms with Crippen molar-refractivity contribution in [2.75, 3.05) is 12.3 Å². The molecule has 31 heavy (non-hydrogen) atoms. The summed E-state index contributed by atoms with van der Waals surface area (Å²) in [6, 6.07) is 17.2. The van der Waals surface area contributed by atoms with E-state index in [0.29, 0.717) is 35.9 Å². The Morgan fingerprint density at radius 2 is 1.71 bits per heavy atom. The molecule has 0 heterocycles. The summed E-state index contributed by atoms with van der Waals surface area (Å²) < 4.78 is 0. The van der Waals surface area contributed by atoms with Gasteiger partial charge in [0, 0.05) is 22.9 Å². The normalized spacial score (nSPS) is 12.3. The summed E-state index contributed by atoms with van der Waals surface area (Å²) in [5.74, 6) is 0.832. The zero-order valence-electron chi connectivity index (χ0n) is 18.9. The van der Waals surface area contributed by atoms with Gasteiger partial charge in [0.15, 0.2) is 0 Å². The van der Waals surface area contributed by atoms with Crippen molar-refractivity contribution < 1.29 is 9.59 Å². The standard InChI is InChI=1S/C25H33ClN2O2S/c1-5-22(24(30)27-25(2,3)4)28(16-15-19-11-7-6-8-12-19)23(29)18-31-17-20-13-9-10-14-21(20)26/h6-14,22H,5,15-18H2,1-4H3,(H,27,30)/t22-/m0/s1. The lowest BCUT2D eigenvalue weighted by Gasteiger charge is -2.33. The Bertz CT molecular complexity index is 852. The van der Waals surface area contributed by atoms with Crippen LogP contribution in [0.1, 0.15) is 45.2 Å². The van der Waals surface area contributed by atoms with E-state index in [2.05, 4.69) is 5.32 Å². The van der Waals surface area contributed by atoms with Crippen molar-refractivity contribution in [2.24, 2.45) is 0 Å². The van der Waals surface area contributed by atoms with Crippen molar-refractivity contribution in [1.82, 2.24) is 10.2 Å². The molecule has 0 aliphatic heterocycles. The summed E-state index contributed by atoms with van der Waals surface area (Å²) in [7, 11) is 0. The minimum atomic E-state index is -0.489. The third kappa shape index (κ3) is 8.58. The van der Waals surface area contributed by atoms with Crippen LogP contribution >= 0.6 is 23.4 Å². The highest BCUT2D eigenvalue weighted by Gasteiger charge is 2.30. The van der Waals surface area contributed by atoms with Gasteiger partial charge in [0.2, 0.25) is 11.8 Å². The molecule has 4 nitrogen and oxygen atoms in total. The van der Waals surface area contributed by atoms with Gasteiger partial charge in [-0.25, -0.2) is 0 Å². The van der Waals surface area contributed by atoms with Gasteiger partial charge in [-0.3, -0.25) is 9.59 Å². The van der Waals surface area contributed by atoms with Gasteiger partial charge >= 0.3 is 0 Å². The zero-order valence-corrected chi connectivity index (χ0v) is 20.4. The van der Waals surface area contributed by atoms with E-state index in [-0.39, 0.29) is 17.4 Å². The van der Waals surface area contributed by atoms with Gasteiger partial charge in [0.1, 0.15) is 6.04 Å². The average Bonchev–Trinajstić information content (AvgIpc) is 2.71. The second kappa shape index (κ2) is 12.2. The summed E-state index contributed by atoms with van der Waals surface area (Å²) in [6.45, 7) is 8.31. The first-order valence-electron chi connectivity index (χ1n) is 10.7. The van der Waals surface area contributed by atoms with E-state index in [1.54, 1.807) is 4.90 Å². The largest absolute Gasteiger partial charge is 0.350 e. The average molecular weight is 461 g/mol. The monoisotopic (exact) mass is 460 g/mol. The van der Waals surface area contributed by atoms with Crippen molar-refractivity contribution in [3.05, 3.63) is 70.7 Å². The smallest absolute Gasteiger partial charge is 0.243 e. The number of hydrogen-bond acceptors (Lipinski definition) is 3. The van der Waals surface area contributed by atoms with Crippen LogP contribution < -0.4 is 5.32 Å². The molecule has 1 N–H and O–H groups in total. The summed E-state index contributed by atoms with van der Waals surface area (Å²) in [4.78, 5) is 27.9. The highest BCUT2D eigenvalue weighted by molar-refractivity contribution is 7.99. The molecule has 0 radical (unpaired) electrons. The number of benzene rings is 2. The molecule has 6 heteroatoms. The predicted octanol–water partition coefficient (Wildman–Crippen LogP) is 5.34. The van der Waals surface area contributed by atoms with Crippen LogP contribution in [0.5, 0.6) is 0 Å². The molecule has 2 amide bonds. The highest BCUT2D eigenvalue weighted by atomic mass is 35.5. The van der Waals surface area contributed by atoms with Gasteiger partial charge < -0.3 is 10.2 Å².